The average molecular weight is 403 g/mol. The van der Waals surface area contributed by atoms with Crippen LogP contribution in [0.3, 0.4) is 0 Å². The Hall–Kier alpha value is -0.980. The van der Waals surface area contributed by atoms with E-state index in [0.29, 0.717) is 12.5 Å². The minimum atomic E-state index is 0. The van der Waals surface area contributed by atoms with Crippen LogP contribution in [-0.4, -0.2) is 19.1 Å². The predicted molar refractivity (Wildman–Crippen MR) is 98.3 cm³/mol. The maximum Gasteiger partial charge on any atom is 0.188 e. The molecule has 0 aromatic heterocycles. The van der Waals surface area contributed by atoms with Crippen molar-refractivity contribution in [1.82, 2.24) is 5.32 Å². The Morgan fingerprint density at radius 1 is 1.43 bits per heavy atom. The summed E-state index contributed by atoms with van der Waals surface area (Å²) >= 11 is 0. The lowest BCUT2D eigenvalue weighted by atomic mass is 9.85. The fourth-order valence-corrected chi connectivity index (χ4v) is 2.13. The number of benzene rings is 1. The van der Waals surface area contributed by atoms with Gasteiger partial charge in [-0.05, 0) is 42.9 Å². The molecule has 0 radical (unpaired) electrons. The van der Waals surface area contributed by atoms with Crippen LogP contribution in [0.15, 0.2) is 29.3 Å². The predicted octanol–water partition coefficient (Wildman–Crippen LogP) is 3.30. The van der Waals surface area contributed by atoms with Gasteiger partial charge in [0, 0.05) is 6.54 Å². The highest BCUT2D eigenvalue weighted by molar-refractivity contribution is 14.0. The zero-order valence-electron chi connectivity index (χ0n) is 12.7. The van der Waals surface area contributed by atoms with E-state index in [9.17, 15) is 0 Å². The topological polar surface area (TPSA) is 59.6 Å². The summed E-state index contributed by atoms with van der Waals surface area (Å²) in [6, 6.07) is 8.04. The molecule has 1 aromatic carbocycles. The molecule has 21 heavy (non-hydrogen) atoms. The van der Waals surface area contributed by atoms with Gasteiger partial charge < -0.3 is 15.8 Å². The van der Waals surface area contributed by atoms with Crippen LogP contribution < -0.4 is 15.8 Å². The smallest absolute Gasteiger partial charge is 0.188 e. The molecule has 118 valence electrons. The number of hydrogen-bond acceptors (Lipinski definition) is 2. The number of aliphatic imine (C=N–C) groups is 1. The average Bonchev–Trinajstić information content (AvgIpc) is 2.42. The molecular weight excluding hydrogens is 377 g/mol. The number of nitrogens with one attached hydrogen (secondary N) is 1. The number of guanidine groups is 1. The molecule has 3 N–H and O–H groups in total. The van der Waals surface area contributed by atoms with Crippen LogP contribution in [0.5, 0.6) is 5.75 Å². The number of nitrogens with two attached hydrogens (primary N) is 1. The van der Waals surface area contributed by atoms with Gasteiger partial charge in [-0.1, -0.05) is 25.5 Å². The maximum atomic E-state index is 5.87. The Balaban J connectivity index is 0.00000220. The van der Waals surface area contributed by atoms with Crippen molar-refractivity contribution >= 4 is 29.9 Å². The molecule has 4 nitrogen and oxygen atoms in total. The summed E-state index contributed by atoms with van der Waals surface area (Å²) < 4.78 is 5.61. The molecule has 0 saturated heterocycles. The SMILES string of the molecule is CCCOc1cccc(CN=C(N)NCC2CCC2)c1.I. The highest BCUT2D eigenvalue weighted by Crippen LogP contribution is 2.25. The lowest BCUT2D eigenvalue weighted by Crippen LogP contribution is -2.37. The standard InChI is InChI=1S/C16H25N3O.HI/c1-2-9-20-15-8-4-7-14(10-15)12-19-16(17)18-11-13-5-3-6-13;/h4,7-8,10,13H,2-3,5-6,9,11-12H2,1H3,(H3,17,18,19);1H. The molecule has 1 aromatic rings. The Bertz CT molecular complexity index is 447. The molecule has 5 heteroatoms. The van der Waals surface area contributed by atoms with E-state index >= 15 is 0 Å². The van der Waals surface area contributed by atoms with Crippen LogP contribution >= 0.6 is 24.0 Å². The Morgan fingerprint density at radius 2 is 2.24 bits per heavy atom. The molecule has 0 spiro atoms. The Morgan fingerprint density at radius 3 is 2.90 bits per heavy atom. The number of rotatable bonds is 7. The van der Waals surface area contributed by atoms with E-state index in [-0.39, 0.29) is 24.0 Å². The van der Waals surface area contributed by atoms with Gasteiger partial charge in [0.1, 0.15) is 5.75 Å². The van der Waals surface area contributed by atoms with E-state index in [1.54, 1.807) is 0 Å². The first-order chi connectivity index (χ1) is 9.78. The van der Waals surface area contributed by atoms with Crippen molar-refractivity contribution in [2.75, 3.05) is 13.2 Å². The first kappa shape index (κ1) is 18.1. The van der Waals surface area contributed by atoms with Crippen molar-refractivity contribution < 1.29 is 4.74 Å². The van der Waals surface area contributed by atoms with Crippen molar-refractivity contribution in [1.29, 1.82) is 0 Å². The molecule has 0 atom stereocenters. The monoisotopic (exact) mass is 403 g/mol. The van der Waals surface area contributed by atoms with Crippen molar-refractivity contribution in [2.24, 2.45) is 16.6 Å². The summed E-state index contributed by atoms with van der Waals surface area (Å²) in [6.45, 7) is 4.39. The molecule has 0 unspecified atom stereocenters. The fraction of sp³-hybridized carbons (Fsp3) is 0.562. The van der Waals surface area contributed by atoms with E-state index in [1.807, 2.05) is 24.3 Å². The molecule has 0 heterocycles. The van der Waals surface area contributed by atoms with Gasteiger partial charge >= 0.3 is 0 Å². The number of ether oxygens (including phenoxy) is 1. The number of hydrogen-bond donors (Lipinski definition) is 2. The van der Waals surface area contributed by atoms with Crippen LogP contribution in [0, 0.1) is 5.92 Å². The molecule has 1 aliphatic rings. The molecule has 1 fully saturated rings. The molecule has 2 rings (SSSR count). The van der Waals surface area contributed by atoms with Gasteiger partial charge in [0.2, 0.25) is 0 Å². The summed E-state index contributed by atoms with van der Waals surface area (Å²) in [5, 5.41) is 3.20. The minimum absolute atomic E-state index is 0. The zero-order valence-corrected chi connectivity index (χ0v) is 15.0. The van der Waals surface area contributed by atoms with Gasteiger partial charge in [-0.25, -0.2) is 4.99 Å². The van der Waals surface area contributed by atoms with Gasteiger partial charge in [0.25, 0.3) is 0 Å². The first-order valence-corrected chi connectivity index (χ1v) is 7.53. The highest BCUT2D eigenvalue weighted by atomic mass is 127. The van der Waals surface area contributed by atoms with Gasteiger partial charge in [-0.2, -0.15) is 0 Å². The summed E-state index contributed by atoms with van der Waals surface area (Å²) in [4.78, 5) is 4.37. The van der Waals surface area contributed by atoms with Crippen LogP contribution in [0.25, 0.3) is 0 Å². The third kappa shape index (κ3) is 6.54. The molecule has 0 aliphatic heterocycles. The normalized spacial score (nSPS) is 15.0. The molecule has 1 aliphatic carbocycles. The van der Waals surface area contributed by atoms with Crippen molar-refractivity contribution in [2.45, 2.75) is 39.2 Å². The molecule has 0 bridgehead atoms. The highest BCUT2D eigenvalue weighted by Gasteiger charge is 2.16. The number of halogens is 1. The second-order valence-corrected chi connectivity index (χ2v) is 5.38. The van der Waals surface area contributed by atoms with Crippen molar-refractivity contribution in [3.05, 3.63) is 29.8 Å². The van der Waals surface area contributed by atoms with E-state index in [2.05, 4.69) is 17.2 Å². The van der Waals surface area contributed by atoms with Crippen molar-refractivity contribution in [3.8, 4) is 5.75 Å². The quantitative estimate of drug-likeness (QED) is 0.417. The first-order valence-electron chi connectivity index (χ1n) is 7.53. The summed E-state index contributed by atoms with van der Waals surface area (Å²) in [5.41, 5.74) is 6.99. The number of nitrogens with zero attached hydrogens (tertiary/aromatic N) is 1. The van der Waals surface area contributed by atoms with Gasteiger partial charge in [0.15, 0.2) is 5.96 Å². The van der Waals surface area contributed by atoms with Crippen LogP contribution in [0.4, 0.5) is 0 Å². The van der Waals surface area contributed by atoms with E-state index in [1.165, 1.54) is 19.3 Å². The molecule has 1 saturated carbocycles. The van der Waals surface area contributed by atoms with Crippen LogP contribution in [0.2, 0.25) is 0 Å². The molecule has 0 amide bonds. The van der Waals surface area contributed by atoms with E-state index in [4.69, 9.17) is 10.5 Å². The third-order valence-electron chi connectivity index (χ3n) is 3.60. The van der Waals surface area contributed by atoms with Crippen molar-refractivity contribution in [3.63, 3.8) is 0 Å². The van der Waals surface area contributed by atoms with Gasteiger partial charge in [-0.15, -0.1) is 24.0 Å². The third-order valence-corrected chi connectivity index (χ3v) is 3.60. The fourth-order valence-electron chi connectivity index (χ4n) is 2.13. The van der Waals surface area contributed by atoms with Gasteiger partial charge in [0.05, 0.1) is 13.2 Å². The minimum Gasteiger partial charge on any atom is -0.494 e. The Labute approximate surface area is 144 Å². The second-order valence-electron chi connectivity index (χ2n) is 5.38. The van der Waals surface area contributed by atoms with Crippen LogP contribution in [0.1, 0.15) is 38.2 Å². The van der Waals surface area contributed by atoms with Gasteiger partial charge in [-0.3, -0.25) is 0 Å². The van der Waals surface area contributed by atoms with E-state index < -0.39 is 0 Å². The molecular formula is C16H26IN3O. The summed E-state index contributed by atoms with van der Waals surface area (Å²) in [6.07, 6.45) is 5.00. The second kappa shape index (κ2) is 9.87. The lowest BCUT2D eigenvalue weighted by molar-refractivity contribution is 0.315. The zero-order chi connectivity index (χ0) is 14.2. The lowest BCUT2D eigenvalue weighted by Gasteiger charge is -2.25. The van der Waals surface area contributed by atoms with E-state index in [0.717, 1.165) is 36.8 Å². The summed E-state index contributed by atoms with van der Waals surface area (Å²) in [5.74, 6) is 2.23. The van der Waals surface area contributed by atoms with Crippen LogP contribution in [-0.2, 0) is 6.54 Å². The largest absolute Gasteiger partial charge is 0.494 e. The summed E-state index contributed by atoms with van der Waals surface area (Å²) in [7, 11) is 0. The maximum absolute atomic E-state index is 5.87. The Kier molecular flexibility index (Phi) is 8.49.